The Morgan fingerprint density at radius 1 is 1.19 bits per heavy atom. The average molecular weight is 290 g/mol. The van der Waals surface area contributed by atoms with Crippen molar-refractivity contribution in [3.05, 3.63) is 42.7 Å². The van der Waals surface area contributed by atoms with E-state index in [0.717, 1.165) is 37.5 Å². The Hall–Kier alpha value is -1.19. The minimum absolute atomic E-state index is 0.0968. The van der Waals surface area contributed by atoms with Crippen LogP contribution in [0.4, 0.5) is 0 Å². The van der Waals surface area contributed by atoms with Crippen LogP contribution in [0, 0.1) is 12.8 Å². The van der Waals surface area contributed by atoms with Crippen molar-refractivity contribution in [2.24, 2.45) is 0 Å². The van der Waals surface area contributed by atoms with Gasteiger partial charge in [-0.1, -0.05) is 31.9 Å². The van der Waals surface area contributed by atoms with Crippen LogP contribution in [0.15, 0.2) is 24.3 Å². The standard InChI is InChI=1S/C18H26O3/c1-3-4-5-12-19-17-9-6-16(7-10-17)8-11-18-20-13-15(2)14-21-18/h6-7,9-10,18H,2-5,8,11-14H2,1H3. The molecule has 0 unspecified atom stereocenters. The first kappa shape index (κ1) is 16.2. The molecule has 0 aromatic heterocycles. The highest BCUT2D eigenvalue weighted by molar-refractivity contribution is 5.27. The van der Waals surface area contributed by atoms with Crippen LogP contribution in [0.25, 0.3) is 0 Å². The summed E-state index contributed by atoms with van der Waals surface area (Å²) >= 11 is 0. The van der Waals surface area contributed by atoms with Crippen molar-refractivity contribution in [3.8, 4) is 5.75 Å². The van der Waals surface area contributed by atoms with E-state index in [4.69, 9.17) is 14.2 Å². The largest absolute Gasteiger partial charge is 0.494 e. The van der Waals surface area contributed by atoms with E-state index in [2.05, 4.69) is 26.0 Å². The third kappa shape index (κ3) is 5.98. The van der Waals surface area contributed by atoms with Crippen LogP contribution < -0.4 is 4.74 Å². The molecule has 0 spiro atoms. The van der Waals surface area contributed by atoms with Gasteiger partial charge in [0.1, 0.15) is 5.75 Å². The molecule has 1 heterocycles. The molecular weight excluding hydrogens is 264 g/mol. The number of rotatable bonds is 8. The third-order valence-electron chi connectivity index (χ3n) is 3.56. The van der Waals surface area contributed by atoms with Gasteiger partial charge in [0.05, 0.1) is 6.61 Å². The molecule has 2 rings (SSSR count). The molecule has 0 amide bonds. The maximum absolute atomic E-state index is 5.71. The van der Waals surface area contributed by atoms with E-state index in [1.165, 1.54) is 18.4 Å². The second-order valence-corrected chi connectivity index (χ2v) is 5.54. The lowest BCUT2D eigenvalue weighted by molar-refractivity contribution is -0.167. The SMILES string of the molecule is [CH2-][C+]1COC(CCc2ccc(OCCCCC)cc2)OC1. The summed E-state index contributed by atoms with van der Waals surface area (Å²) in [6.07, 6.45) is 5.31. The van der Waals surface area contributed by atoms with Crippen LogP contribution in [0.5, 0.6) is 5.75 Å². The first-order chi connectivity index (χ1) is 10.3. The Morgan fingerprint density at radius 2 is 1.90 bits per heavy atom. The Bertz CT molecular complexity index is 380. The molecule has 1 aliphatic rings. The predicted octanol–water partition coefficient (Wildman–Crippen LogP) is 3.97. The van der Waals surface area contributed by atoms with E-state index in [-0.39, 0.29) is 6.29 Å². The van der Waals surface area contributed by atoms with Gasteiger partial charge < -0.3 is 14.2 Å². The zero-order chi connectivity index (χ0) is 14.9. The number of hydrogen-bond donors (Lipinski definition) is 0. The van der Waals surface area contributed by atoms with Gasteiger partial charge in [-0.2, -0.15) is 0 Å². The maximum atomic E-state index is 5.71. The molecule has 3 heteroatoms. The van der Waals surface area contributed by atoms with Gasteiger partial charge >= 0.3 is 0 Å². The monoisotopic (exact) mass is 290 g/mol. The van der Waals surface area contributed by atoms with Gasteiger partial charge in [-0.05, 0) is 36.5 Å². The fraction of sp³-hybridized carbons (Fsp3) is 0.556. The summed E-state index contributed by atoms with van der Waals surface area (Å²) in [6, 6.07) is 8.34. The van der Waals surface area contributed by atoms with E-state index >= 15 is 0 Å². The first-order valence-electron chi connectivity index (χ1n) is 7.89. The fourth-order valence-corrected chi connectivity index (χ4v) is 2.26. The second kappa shape index (κ2) is 8.96. The van der Waals surface area contributed by atoms with Crippen molar-refractivity contribution in [3.63, 3.8) is 0 Å². The summed E-state index contributed by atoms with van der Waals surface area (Å²) in [7, 11) is 0. The van der Waals surface area contributed by atoms with Gasteiger partial charge in [-0.3, -0.25) is 0 Å². The van der Waals surface area contributed by atoms with Crippen LogP contribution in [0.2, 0.25) is 0 Å². The molecule has 0 N–H and O–H groups in total. The van der Waals surface area contributed by atoms with Crippen LogP contribution in [-0.2, 0) is 15.9 Å². The fourth-order valence-electron chi connectivity index (χ4n) is 2.26. The van der Waals surface area contributed by atoms with Crippen molar-refractivity contribution >= 4 is 0 Å². The highest BCUT2D eigenvalue weighted by Gasteiger charge is 2.21. The third-order valence-corrected chi connectivity index (χ3v) is 3.56. The predicted molar refractivity (Wildman–Crippen MR) is 84.1 cm³/mol. The molecule has 0 bridgehead atoms. The van der Waals surface area contributed by atoms with Gasteiger partial charge in [0.15, 0.2) is 19.5 Å². The van der Waals surface area contributed by atoms with Crippen molar-refractivity contribution in [2.45, 2.75) is 45.3 Å². The Labute approximate surface area is 128 Å². The van der Waals surface area contributed by atoms with Crippen LogP contribution in [0.3, 0.4) is 0 Å². The minimum Gasteiger partial charge on any atom is -0.494 e. The van der Waals surface area contributed by atoms with Gasteiger partial charge in [-0.15, -0.1) is 6.92 Å². The summed E-state index contributed by atoms with van der Waals surface area (Å²) in [5.74, 6) is 1.96. The van der Waals surface area contributed by atoms with E-state index in [9.17, 15) is 0 Å². The normalized spacial score (nSPS) is 16.2. The zero-order valence-corrected chi connectivity index (χ0v) is 13.0. The molecular formula is C18H26O3. The summed E-state index contributed by atoms with van der Waals surface area (Å²) in [4.78, 5) is 0. The topological polar surface area (TPSA) is 27.7 Å². The zero-order valence-electron chi connectivity index (χ0n) is 13.0. The molecule has 3 nitrogen and oxygen atoms in total. The maximum Gasteiger partial charge on any atom is 0.167 e. The summed E-state index contributed by atoms with van der Waals surface area (Å²) < 4.78 is 16.8. The molecule has 0 atom stereocenters. The molecule has 0 aliphatic carbocycles. The van der Waals surface area contributed by atoms with Crippen molar-refractivity contribution in [2.75, 3.05) is 19.8 Å². The number of benzene rings is 1. The van der Waals surface area contributed by atoms with Crippen LogP contribution >= 0.6 is 0 Å². The minimum atomic E-state index is -0.0968. The second-order valence-electron chi connectivity index (χ2n) is 5.54. The quantitative estimate of drug-likeness (QED) is 0.535. The molecule has 1 aromatic rings. The molecule has 21 heavy (non-hydrogen) atoms. The van der Waals surface area contributed by atoms with Crippen molar-refractivity contribution in [1.82, 2.24) is 0 Å². The molecule has 1 fully saturated rings. The van der Waals surface area contributed by atoms with Gasteiger partial charge in [0.2, 0.25) is 0 Å². The van der Waals surface area contributed by atoms with Crippen molar-refractivity contribution < 1.29 is 14.2 Å². The van der Waals surface area contributed by atoms with Crippen LogP contribution in [-0.4, -0.2) is 26.1 Å². The number of aryl methyl sites for hydroxylation is 1. The van der Waals surface area contributed by atoms with Gasteiger partial charge in [-0.25, -0.2) is 0 Å². The summed E-state index contributed by atoms with van der Waals surface area (Å²) in [5, 5.41) is 0. The van der Waals surface area contributed by atoms with Crippen LogP contribution in [0.1, 0.15) is 38.2 Å². The number of ether oxygens (including phenoxy) is 3. The lowest BCUT2D eigenvalue weighted by Crippen LogP contribution is -2.29. The lowest BCUT2D eigenvalue weighted by Gasteiger charge is -2.24. The van der Waals surface area contributed by atoms with E-state index in [1.54, 1.807) is 0 Å². The summed E-state index contributed by atoms with van der Waals surface area (Å²) in [6.45, 7) is 8.09. The summed E-state index contributed by atoms with van der Waals surface area (Å²) in [5.41, 5.74) is 1.28. The highest BCUT2D eigenvalue weighted by atomic mass is 16.7. The highest BCUT2D eigenvalue weighted by Crippen LogP contribution is 2.18. The molecule has 0 saturated carbocycles. The number of unbranched alkanes of at least 4 members (excludes halogenated alkanes) is 2. The Kier molecular flexibility index (Phi) is 6.90. The molecule has 116 valence electrons. The van der Waals surface area contributed by atoms with E-state index < -0.39 is 0 Å². The lowest BCUT2D eigenvalue weighted by atomic mass is 10.1. The molecule has 1 aromatic carbocycles. The molecule has 1 aliphatic heterocycles. The van der Waals surface area contributed by atoms with Crippen molar-refractivity contribution in [1.29, 1.82) is 0 Å². The van der Waals surface area contributed by atoms with E-state index in [0.29, 0.717) is 13.2 Å². The number of hydrogen-bond acceptors (Lipinski definition) is 3. The molecule has 0 radical (unpaired) electrons. The van der Waals surface area contributed by atoms with Gasteiger partial charge in [0, 0.05) is 6.42 Å². The molecule has 1 saturated heterocycles. The first-order valence-corrected chi connectivity index (χ1v) is 7.89. The average Bonchev–Trinajstić information content (AvgIpc) is 2.52. The van der Waals surface area contributed by atoms with E-state index in [1.807, 2.05) is 12.1 Å². The smallest absolute Gasteiger partial charge is 0.167 e. The Morgan fingerprint density at radius 3 is 2.57 bits per heavy atom. The Balaban J connectivity index is 1.67. The van der Waals surface area contributed by atoms with Gasteiger partial charge in [0.25, 0.3) is 0 Å².